The fourth-order valence-electron chi connectivity index (χ4n) is 5.17. The molecule has 0 radical (unpaired) electrons. The van der Waals surface area contributed by atoms with Crippen molar-refractivity contribution in [2.24, 2.45) is 0 Å². The molecule has 1 aliphatic rings. The summed E-state index contributed by atoms with van der Waals surface area (Å²) >= 11 is 12.9. The summed E-state index contributed by atoms with van der Waals surface area (Å²) in [5, 5.41) is 15.2. The number of hydrogen-bond donors (Lipinski definition) is 2. The first-order valence-corrected chi connectivity index (χ1v) is 14.5. The standard InChI is InChI=1S/C32H27Cl2N7O3/c1-19(21-6-4-3-5-7-21)37-31(42)28-25-17-40(32(43)30-35-18-36-38-30)16-22(14-20-8-11-24(44-2)12-9-20)29(25)41(39-28)27-13-10-23(33)15-26(27)34/h3-15,18-19H,16-17H2,1-2H3,(H,37,42)(H,35,36,38)/b22-14+/t19-/m1/s1. The molecule has 2 N–H and O–H groups in total. The topological polar surface area (TPSA) is 118 Å². The van der Waals surface area contributed by atoms with Gasteiger partial charge in [0.2, 0.25) is 5.82 Å². The summed E-state index contributed by atoms with van der Waals surface area (Å²) < 4.78 is 6.98. The first kappa shape index (κ1) is 29.2. The van der Waals surface area contributed by atoms with Gasteiger partial charge in [-0.05, 0) is 60.0 Å². The molecule has 0 spiro atoms. The van der Waals surface area contributed by atoms with Crippen molar-refractivity contribution >= 4 is 46.7 Å². The summed E-state index contributed by atoms with van der Waals surface area (Å²) in [5.41, 5.74) is 4.47. The summed E-state index contributed by atoms with van der Waals surface area (Å²) in [6, 6.07) is 22.0. The zero-order valence-electron chi connectivity index (χ0n) is 23.8. The van der Waals surface area contributed by atoms with E-state index in [0.717, 1.165) is 16.7 Å². The Morgan fingerprint density at radius 2 is 1.82 bits per heavy atom. The second-order valence-corrected chi connectivity index (χ2v) is 11.1. The van der Waals surface area contributed by atoms with E-state index in [-0.39, 0.29) is 42.5 Å². The van der Waals surface area contributed by atoms with Gasteiger partial charge in [0.25, 0.3) is 11.8 Å². The predicted molar refractivity (Wildman–Crippen MR) is 168 cm³/mol. The quantitative estimate of drug-likeness (QED) is 0.229. The summed E-state index contributed by atoms with van der Waals surface area (Å²) in [6.45, 7) is 2.21. The lowest BCUT2D eigenvalue weighted by atomic mass is 9.97. The maximum atomic E-state index is 13.9. The smallest absolute Gasteiger partial charge is 0.291 e. The molecule has 3 heterocycles. The molecule has 6 rings (SSSR count). The number of carbonyl (C=O) groups is 2. The first-order chi connectivity index (χ1) is 21.3. The van der Waals surface area contributed by atoms with Gasteiger partial charge in [0, 0.05) is 17.1 Å². The third kappa shape index (κ3) is 5.82. The molecule has 0 fully saturated rings. The van der Waals surface area contributed by atoms with Gasteiger partial charge in [-0.2, -0.15) is 10.2 Å². The third-order valence-corrected chi connectivity index (χ3v) is 7.90. The Balaban J connectivity index is 1.51. The summed E-state index contributed by atoms with van der Waals surface area (Å²) in [4.78, 5) is 33.1. The molecule has 222 valence electrons. The molecule has 12 heteroatoms. The van der Waals surface area contributed by atoms with E-state index < -0.39 is 0 Å². The van der Waals surface area contributed by atoms with Crippen LogP contribution < -0.4 is 10.1 Å². The molecule has 3 aromatic carbocycles. The van der Waals surface area contributed by atoms with Crippen LogP contribution in [-0.4, -0.2) is 55.3 Å². The van der Waals surface area contributed by atoms with Gasteiger partial charge in [-0.1, -0.05) is 65.7 Å². The average Bonchev–Trinajstić information content (AvgIpc) is 3.71. The lowest BCUT2D eigenvalue weighted by molar-refractivity contribution is 0.0746. The molecule has 10 nitrogen and oxygen atoms in total. The number of ether oxygens (including phenoxy) is 1. The van der Waals surface area contributed by atoms with Crippen LogP contribution in [0.15, 0.2) is 79.1 Å². The SMILES string of the molecule is COc1ccc(/C=C2\CN(C(=O)c3ncn[nH]3)Cc3c(C(=O)N[C@H](C)c4ccccc4)nn(-c4ccc(Cl)cc4Cl)c32)cc1. The van der Waals surface area contributed by atoms with Crippen LogP contribution in [0.3, 0.4) is 0 Å². The van der Waals surface area contributed by atoms with Crippen LogP contribution in [0.2, 0.25) is 10.0 Å². The van der Waals surface area contributed by atoms with Crippen molar-refractivity contribution in [3.63, 3.8) is 0 Å². The molecule has 1 aliphatic heterocycles. The number of amides is 2. The number of hydrogen-bond acceptors (Lipinski definition) is 6. The molecule has 2 aromatic heterocycles. The summed E-state index contributed by atoms with van der Waals surface area (Å²) in [5.74, 6) is 0.0476. The number of aromatic nitrogens is 5. The molecule has 5 aromatic rings. The van der Waals surface area contributed by atoms with E-state index in [2.05, 4.69) is 20.5 Å². The molecule has 1 atom stereocenters. The number of aromatic amines is 1. The van der Waals surface area contributed by atoms with Crippen molar-refractivity contribution in [2.75, 3.05) is 13.7 Å². The fraction of sp³-hybridized carbons (Fsp3) is 0.156. The number of halogens is 2. The van der Waals surface area contributed by atoms with E-state index >= 15 is 0 Å². The van der Waals surface area contributed by atoms with E-state index in [1.165, 1.54) is 6.33 Å². The molecule has 44 heavy (non-hydrogen) atoms. The Morgan fingerprint density at radius 3 is 2.50 bits per heavy atom. The Hall–Kier alpha value is -4.93. The molecular weight excluding hydrogens is 601 g/mol. The van der Waals surface area contributed by atoms with Crippen LogP contribution in [0.25, 0.3) is 17.3 Å². The Bertz CT molecular complexity index is 1850. The highest BCUT2D eigenvalue weighted by molar-refractivity contribution is 6.35. The second kappa shape index (κ2) is 12.4. The Kier molecular flexibility index (Phi) is 8.19. The number of methoxy groups -OCH3 is 1. The number of nitrogens with zero attached hydrogens (tertiary/aromatic N) is 5. The van der Waals surface area contributed by atoms with Gasteiger partial charge >= 0.3 is 0 Å². The van der Waals surface area contributed by atoms with Gasteiger partial charge in [0.15, 0.2) is 5.69 Å². The van der Waals surface area contributed by atoms with Crippen molar-refractivity contribution in [3.8, 4) is 11.4 Å². The minimum Gasteiger partial charge on any atom is -0.497 e. The van der Waals surface area contributed by atoms with E-state index in [1.807, 2.05) is 67.6 Å². The van der Waals surface area contributed by atoms with Crippen molar-refractivity contribution in [1.82, 2.24) is 35.2 Å². The van der Waals surface area contributed by atoms with Gasteiger partial charge < -0.3 is 15.0 Å². The zero-order chi connectivity index (χ0) is 30.8. The Morgan fingerprint density at radius 1 is 1.05 bits per heavy atom. The normalized spacial score (nSPS) is 14.3. The van der Waals surface area contributed by atoms with Crippen molar-refractivity contribution in [1.29, 1.82) is 0 Å². The van der Waals surface area contributed by atoms with E-state index in [0.29, 0.717) is 32.7 Å². The molecule has 0 saturated carbocycles. The molecular formula is C32H27Cl2N7O3. The maximum Gasteiger partial charge on any atom is 0.291 e. The van der Waals surface area contributed by atoms with Crippen LogP contribution in [0.1, 0.15) is 56.5 Å². The largest absolute Gasteiger partial charge is 0.497 e. The first-order valence-electron chi connectivity index (χ1n) is 13.7. The van der Waals surface area contributed by atoms with Gasteiger partial charge in [-0.3, -0.25) is 14.7 Å². The third-order valence-electron chi connectivity index (χ3n) is 7.36. The lowest BCUT2D eigenvalue weighted by Gasteiger charge is -2.29. The van der Waals surface area contributed by atoms with Crippen molar-refractivity contribution < 1.29 is 14.3 Å². The van der Waals surface area contributed by atoms with E-state index in [9.17, 15) is 9.59 Å². The summed E-state index contributed by atoms with van der Waals surface area (Å²) in [7, 11) is 1.60. The fourth-order valence-corrected chi connectivity index (χ4v) is 5.66. The van der Waals surface area contributed by atoms with Crippen LogP contribution in [-0.2, 0) is 6.54 Å². The number of benzene rings is 3. The van der Waals surface area contributed by atoms with Gasteiger partial charge in [-0.15, -0.1) is 0 Å². The van der Waals surface area contributed by atoms with E-state index in [1.54, 1.807) is 34.9 Å². The van der Waals surface area contributed by atoms with Crippen LogP contribution >= 0.6 is 23.2 Å². The van der Waals surface area contributed by atoms with Crippen molar-refractivity contribution in [2.45, 2.75) is 19.5 Å². The zero-order valence-corrected chi connectivity index (χ0v) is 25.3. The number of H-pyrrole nitrogens is 1. The van der Waals surface area contributed by atoms with Gasteiger partial charge in [0.1, 0.15) is 12.1 Å². The minimum atomic E-state index is -0.390. The number of rotatable bonds is 7. The van der Waals surface area contributed by atoms with Gasteiger partial charge in [0.05, 0.1) is 36.1 Å². The number of carbonyl (C=O) groups excluding carboxylic acids is 2. The number of nitrogens with one attached hydrogen (secondary N) is 2. The molecule has 2 amide bonds. The molecule has 0 unspecified atom stereocenters. The lowest BCUT2D eigenvalue weighted by Crippen LogP contribution is -2.37. The summed E-state index contributed by atoms with van der Waals surface area (Å²) in [6.07, 6.45) is 3.23. The van der Waals surface area contributed by atoms with Crippen LogP contribution in [0.4, 0.5) is 0 Å². The Labute approximate surface area is 263 Å². The highest BCUT2D eigenvalue weighted by atomic mass is 35.5. The average molecular weight is 629 g/mol. The number of fused-ring (bicyclic) bond motifs is 1. The predicted octanol–water partition coefficient (Wildman–Crippen LogP) is 5.99. The monoisotopic (exact) mass is 627 g/mol. The van der Waals surface area contributed by atoms with Crippen LogP contribution in [0.5, 0.6) is 5.75 Å². The van der Waals surface area contributed by atoms with Crippen molar-refractivity contribution in [3.05, 3.63) is 123 Å². The molecule has 0 aliphatic carbocycles. The van der Waals surface area contributed by atoms with Crippen LogP contribution in [0, 0.1) is 0 Å². The highest BCUT2D eigenvalue weighted by Crippen LogP contribution is 2.36. The second-order valence-electron chi connectivity index (χ2n) is 10.2. The van der Waals surface area contributed by atoms with Gasteiger partial charge in [-0.25, -0.2) is 9.67 Å². The minimum absolute atomic E-state index is 0.0917. The molecule has 0 bridgehead atoms. The maximum absolute atomic E-state index is 13.9. The highest BCUT2D eigenvalue weighted by Gasteiger charge is 2.35. The van der Waals surface area contributed by atoms with E-state index in [4.69, 9.17) is 33.0 Å². The molecule has 0 saturated heterocycles.